The van der Waals surface area contributed by atoms with Gasteiger partial charge in [0, 0.05) is 36.6 Å². The van der Waals surface area contributed by atoms with Crippen molar-refractivity contribution in [2.24, 2.45) is 0 Å². The molecule has 12 nitrogen and oxygen atoms in total. The zero-order valence-corrected chi connectivity index (χ0v) is 24.0. The van der Waals surface area contributed by atoms with E-state index in [1.54, 1.807) is 16.0 Å². The Hall–Kier alpha value is -4.50. The SMILES string of the molecule is C=CC(=O)N1CCN(c2nc(OCC3CCCN3C)nc3c2CN(C(=O)c2c(C)ccc4[nH]ncc24)C3)CC1CC#N. The molecule has 3 aliphatic heterocycles. The van der Waals surface area contributed by atoms with E-state index >= 15 is 0 Å². The first kappa shape index (κ1) is 27.7. The number of piperazine rings is 1. The Bertz CT molecular complexity index is 1580. The van der Waals surface area contributed by atoms with Gasteiger partial charge < -0.3 is 24.3 Å². The van der Waals surface area contributed by atoms with Gasteiger partial charge in [-0.3, -0.25) is 14.7 Å². The molecule has 2 amide bonds. The number of carbonyl (C=O) groups excluding carboxylic acids is 2. The number of amides is 2. The monoisotopic (exact) mass is 569 g/mol. The van der Waals surface area contributed by atoms with Gasteiger partial charge in [-0.1, -0.05) is 12.6 Å². The summed E-state index contributed by atoms with van der Waals surface area (Å²) in [7, 11) is 2.10. The van der Waals surface area contributed by atoms with Gasteiger partial charge in [0.15, 0.2) is 0 Å². The summed E-state index contributed by atoms with van der Waals surface area (Å²) in [6.07, 6.45) is 5.37. The van der Waals surface area contributed by atoms with Crippen LogP contribution in [0, 0.1) is 18.3 Å². The predicted octanol–water partition coefficient (Wildman–Crippen LogP) is 2.41. The van der Waals surface area contributed by atoms with E-state index in [1.165, 1.54) is 6.08 Å². The third kappa shape index (κ3) is 5.05. The molecule has 3 aromatic rings. The summed E-state index contributed by atoms with van der Waals surface area (Å²) in [5.74, 6) is 0.410. The number of aryl methyl sites for hydroxylation is 1. The highest BCUT2D eigenvalue weighted by Gasteiger charge is 2.36. The van der Waals surface area contributed by atoms with Crippen LogP contribution >= 0.6 is 0 Å². The Kier molecular flexibility index (Phi) is 7.51. The van der Waals surface area contributed by atoms with Gasteiger partial charge in [-0.2, -0.15) is 20.3 Å². The number of nitrogens with one attached hydrogen (secondary N) is 1. The van der Waals surface area contributed by atoms with Crippen LogP contribution in [0.2, 0.25) is 0 Å². The number of H-pyrrole nitrogens is 1. The van der Waals surface area contributed by atoms with Crippen LogP contribution < -0.4 is 9.64 Å². The number of fused-ring (bicyclic) bond motifs is 2. The van der Waals surface area contributed by atoms with Gasteiger partial charge in [0.2, 0.25) is 5.91 Å². The summed E-state index contributed by atoms with van der Waals surface area (Å²) in [5, 5.41) is 17.4. The van der Waals surface area contributed by atoms with Crippen molar-refractivity contribution in [3.8, 4) is 12.1 Å². The zero-order valence-electron chi connectivity index (χ0n) is 24.0. The average molecular weight is 570 g/mol. The maximum atomic E-state index is 13.9. The van der Waals surface area contributed by atoms with E-state index in [0.717, 1.165) is 47.1 Å². The smallest absolute Gasteiger partial charge is 0.318 e. The fraction of sp³-hybridized carbons (Fsp3) is 0.467. The van der Waals surface area contributed by atoms with E-state index in [1.807, 2.05) is 19.1 Å². The van der Waals surface area contributed by atoms with Gasteiger partial charge in [0.1, 0.15) is 12.4 Å². The number of nitriles is 1. The van der Waals surface area contributed by atoms with E-state index in [9.17, 15) is 14.9 Å². The third-order valence-electron chi connectivity index (χ3n) is 8.72. The summed E-state index contributed by atoms with van der Waals surface area (Å²) in [6.45, 7) is 9.14. The summed E-state index contributed by atoms with van der Waals surface area (Å²) < 4.78 is 6.18. The third-order valence-corrected chi connectivity index (χ3v) is 8.72. The molecular weight excluding hydrogens is 534 g/mol. The number of hydrogen-bond donors (Lipinski definition) is 1. The Balaban J connectivity index is 1.32. The number of aromatic amines is 1. The number of likely N-dealkylation sites (tertiary alicyclic amines) is 1. The van der Waals surface area contributed by atoms with Gasteiger partial charge in [-0.25, -0.2) is 0 Å². The van der Waals surface area contributed by atoms with Crippen LogP contribution in [0.3, 0.4) is 0 Å². The van der Waals surface area contributed by atoms with Gasteiger partial charge in [-0.15, -0.1) is 0 Å². The standard InChI is InChI=1S/C30H35N9O3/c1-4-26(40)39-13-12-37(15-20(39)9-10-31)28-23-16-38(29(41)27-19(2)7-8-24-22(27)14-32-35-24)17-25(23)33-30(34-28)42-18-21-6-5-11-36(21)3/h4,7-8,14,20-21H,1,5-6,9,11-13,15-18H2,2-3H3,(H,32,35). The van der Waals surface area contributed by atoms with Crippen molar-refractivity contribution in [3.05, 3.63) is 53.4 Å². The van der Waals surface area contributed by atoms with Crippen LogP contribution in [0.15, 0.2) is 31.0 Å². The first-order valence-electron chi connectivity index (χ1n) is 14.4. The van der Waals surface area contributed by atoms with E-state index in [2.05, 4.69) is 39.7 Å². The molecule has 42 heavy (non-hydrogen) atoms. The number of hydrogen-bond acceptors (Lipinski definition) is 9. The first-order valence-corrected chi connectivity index (χ1v) is 14.4. The van der Waals surface area contributed by atoms with E-state index in [-0.39, 0.29) is 30.3 Å². The van der Waals surface area contributed by atoms with Crippen molar-refractivity contribution in [2.75, 3.05) is 44.7 Å². The van der Waals surface area contributed by atoms with Crippen LogP contribution in [0.5, 0.6) is 6.01 Å². The minimum absolute atomic E-state index is 0.0951. The molecule has 2 fully saturated rings. The van der Waals surface area contributed by atoms with E-state index in [0.29, 0.717) is 56.8 Å². The molecule has 0 bridgehead atoms. The van der Waals surface area contributed by atoms with E-state index < -0.39 is 0 Å². The van der Waals surface area contributed by atoms with E-state index in [4.69, 9.17) is 14.7 Å². The van der Waals surface area contributed by atoms with Crippen molar-refractivity contribution in [1.82, 2.24) is 34.9 Å². The lowest BCUT2D eigenvalue weighted by Gasteiger charge is -2.41. The molecule has 1 aromatic carbocycles. The van der Waals surface area contributed by atoms with Gasteiger partial charge >= 0.3 is 6.01 Å². The molecule has 0 spiro atoms. The number of carbonyl (C=O) groups is 2. The van der Waals surface area contributed by atoms with Gasteiger partial charge in [0.05, 0.1) is 54.6 Å². The van der Waals surface area contributed by atoms with Crippen LogP contribution in [0.4, 0.5) is 5.82 Å². The second-order valence-electron chi connectivity index (χ2n) is 11.3. The molecule has 0 radical (unpaired) electrons. The molecule has 12 heteroatoms. The lowest BCUT2D eigenvalue weighted by atomic mass is 10.0. The Morgan fingerprint density at radius 2 is 2.07 bits per heavy atom. The van der Waals surface area contributed by atoms with Crippen molar-refractivity contribution in [3.63, 3.8) is 0 Å². The second-order valence-corrected chi connectivity index (χ2v) is 11.3. The number of anilines is 1. The molecule has 0 saturated carbocycles. The van der Waals surface area contributed by atoms with Crippen molar-refractivity contribution < 1.29 is 14.3 Å². The zero-order chi connectivity index (χ0) is 29.4. The topological polar surface area (TPSA) is 135 Å². The summed E-state index contributed by atoms with van der Waals surface area (Å²) in [5.41, 5.74) is 3.92. The maximum absolute atomic E-state index is 13.9. The maximum Gasteiger partial charge on any atom is 0.318 e. The molecule has 2 atom stereocenters. The molecule has 5 heterocycles. The number of benzene rings is 1. The Labute approximate surface area is 244 Å². The first-order chi connectivity index (χ1) is 20.4. The lowest BCUT2D eigenvalue weighted by molar-refractivity contribution is -0.128. The minimum atomic E-state index is -0.308. The lowest BCUT2D eigenvalue weighted by Crippen LogP contribution is -2.55. The summed E-state index contributed by atoms with van der Waals surface area (Å²) in [4.78, 5) is 44.0. The molecule has 2 aromatic heterocycles. The fourth-order valence-corrected chi connectivity index (χ4v) is 6.35. The summed E-state index contributed by atoms with van der Waals surface area (Å²) in [6, 6.07) is 6.35. The van der Waals surface area contributed by atoms with Crippen LogP contribution in [0.1, 0.15) is 46.4 Å². The molecule has 2 saturated heterocycles. The Morgan fingerprint density at radius 1 is 1.21 bits per heavy atom. The van der Waals surface area contributed by atoms with Crippen LogP contribution in [-0.4, -0.2) is 98.6 Å². The number of aromatic nitrogens is 4. The molecule has 218 valence electrons. The predicted molar refractivity (Wildman–Crippen MR) is 156 cm³/mol. The molecule has 3 aliphatic rings. The molecule has 0 aliphatic carbocycles. The van der Waals surface area contributed by atoms with Crippen molar-refractivity contribution in [1.29, 1.82) is 5.26 Å². The molecule has 2 unspecified atom stereocenters. The minimum Gasteiger partial charge on any atom is -0.462 e. The highest BCUT2D eigenvalue weighted by atomic mass is 16.5. The van der Waals surface area contributed by atoms with Crippen molar-refractivity contribution >= 4 is 28.5 Å². The molecule has 6 rings (SSSR count). The molecular formula is C30H35N9O3. The van der Waals surface area contributed by atoms with Gasteiger partial charge in [0.25, 0.3) is 5.91 Å². The largest absolute Gasteiger partial charge is 0.462 e. The molecule has 1 N–H and O–H groups in total. The van der Waals surface area contributed by atoms with Crippen LogP contribution in [0.25, 0.3) is 10.9 Å². The second kappa shape index (κ2) is 11.4. The number of likely N-dealkylation sites (N-methyl/N-ethyl adjacent to an activating group) is 1. The quantitative estimate of drug-likeness (QED) is 0.426. The number of ether oxygens (including phenoxy) is 1. The highest BCUT2D eigenvalue weighted by Crippen LogP contribution is 2.35. The fourth-order valence-electron chi connectivity index (χ4n) is 6.35. The normalized spacial score (nSPS) is 20.5. The Morgan fingerprint density at radius 3 is 2.83 bits per heavy atom. The van der Waals surface area contributed by atoms with Crippen molar-refractivity contribution in [2.45, 2.75) is 51.4 Å². The number of rotatable bonds is 7. The summed E-state index contributed by atoms with van der Waals surface area (Å²) >= 11 is 0. The van der Waals surface area contributed by atoms with Gasteiger partial charge in [-0.05, 0) is 51.1 Å². The average Bonchev–Trinajstić information content (AvgIpc) is 3.74. The van der Waals surface area contributed by atoms with Crippen LogP contribution in [-0.2, 0) is 17.9 Å². The number of nitrogens with zero attached hydrogens (tertiary/aromatic N) is 8. The highest BCUT2D eigenvalue weighted by molar-refractivity contribution is 6.07.